The van der Waals surface area contributed by atoms with Gasteiger partial charge in [-0.3, -0.25) is 4.79 Å². The molecule has 1 aromatic carbocycles. The van der Waals surface area contributed by atoms with Crippen molar-refractivity contribution in [1.29, 1.82) is 0 Å². The molecule has 21 heavy (non-hydrogen) atoms. The molecule has 0 saturated carbocycles. The second-order valence-corrected chi connectivity index (χ2v) is 5.83. The van der Waals surface area contributed by atoms with Gasteiger partial charge in [-0.2, -0.15) is 0 Å². The normalized spacial score (nSPS) is 22.4. The maximum Gasteiger partial charge on any atom is 0.311 e. The lowest BCUT2D eigenvalue weighted by atomic mass is 9.77. The van der Waals surface area contributed by atoms with Crippen molar-refractivity contribution in [2.24, 2.45) is 5.41 Å². The number of hydrogen-bond donors (Lipinski definition) is 1. The molecule has 4 nitrogen and oxygen atoms in total. The van der Waals surface area contributed by atoms with Gasteiger partial charge in [-0.1, -0.05) is 25.1 Å². The molecule has 0 bridgehead atoms. The Morgan fingerprint density at radius 3 is 2.90 bits per heavy atom. The van der Waals surface area contributed by atoms with Crippen LogP contribution in [0.4, 0.5) is 5.82 Å². The molecule has 2 aromatic rings. The number of piperidine rings is 1. The van der Waals surface area contributed by atoms with E-state index in [-0.39, 0.29) is 0 Å². The third kappa shape index (κ3) is 2.46. The van der Waals surface area contributed by atoms with E-state index in [1.165, 1.54) is 0 Å². The SMILES string of the molecule is CCC1(C(=O)O)CCCN(c2ccc3ccccc3n2)C1. The Hall–Kier alpha value is -2.10. The van der Waals surface area contributed by atoms with Crippen molar-refractivity contribution < 1.29 is 9.90 Å². The molecule has 0 radical (unpaired) electrons. The molecule has 1 aromatic heterocycles. The van der Waals surface area contributed by atoms with Crippen LogP contribution in [-0.2, 0) is 4.79 Å². The summed E-state index contributed by atoms with van der Waals surface area (Å²) in [5, 5.41) is 10.7. The number of carboxylic acids is 1. The fourth-order valence-electron chi connectivity index (χ4n) is 3.17. The molecule has 1 aliphatic rings. The van der Waals surface area contributed by atoms with Crippen LogP contribution in [0.15, 0.2) is 36.4 Å². The lowest BCUT2D eigenvalue weighted by molar-refractivity contribution is -0.149. The zero-order valence-electron chi connectivity index (χ0n) is 12.2. The minimum absolute atomic E-state index is 0.546. The summed E-state index contributed by atoms with van der Waals surface area (Å²) >= 11 is 0. The molecule has 1 fully saturated rings. The Balaban J connectivity index is 1.92. The Morgan fingerprint density at radius 2 is 2.14 bits per heavy atom. The van der Waals surface area contributed by atoms with Crippen molar-refractivity contribution in [2.75, 3.05) is 18.0 Å². The predicted molar refractivity (Wildman–Crippen MR) is 83.5 cm³/mol. The molecule has 3 rings (SSSR count). The first kappa shape index (κ1) is 13.9. The molecule has 0 spiro atoms. The topological polar surface area (TPSA) is 53.4 Å². The number of anilines is 1. The van der Waals surface area contributed by atoms with Crippen LogP contribution in [0.5, 0.6) is 0 Å². The van der Waals surface area contributed by atoms with Gasteiger partial charge < -0.3 is 10.0 Å². The van der Waals surface area contributed by atoms with Crippen LogP contribution < -0.4 is 4.90 Å². The number of hydrogen-bond acceptors (Lipinski definition) is 3. The number of nitrogens with zero attached hydrogens (tertiary/aromatic N) is 2. The fraction of sp³-hybridized carbons (Fsp3) is 0.412. The van der Waals surface area contributed by atoms with E-state index in [4.69, 9.17) is 4.98 Å². The summed E-state index contributed by atoms with van der Waals surface area (Å²) in [6.45, 7) is 3.38. The molecule has 0 aliphatic carbocycles. The summed E-state index contributed by atoms with van der Waals surface area (Å²) in [7, 11) is 0. The van der Waals surface area contributed by atoms with Gasteiger partial charge in [-0.25, -0.2) is 4.98 Å². The third-order valence-corrected chi connectivity index (χ3v) is 4.62. The number of aliphatic carboxylic acids is 1. The summed E-state index contributed by atoms with van der Waals surface area (Å²) in [4.78, 5) is 18.5. The maximum absolute atomic E-state index is 11.6. The van der Waals surface area contributed by atoms with Crippen molar-refractivity contribution in [1.82, 2.24) is 4.98 Å². The number of rotatable bonds is 3. The molecule has 1 atom stereocenters. The van der Waals surface area contributed by atoms with Crippen molar-refractivity contribution in [3.05, 3.63) is 36.4 Å². The number of pyridine rings is 1. The maximum atomic E-state index is 11.6. The van der Waals surface area contributed by atoms with Crippen LogP contribution in [-0.4, -0.2) is 29.1 Å². The van der Waals surface area contributed by atoms with Gasteiger partial charge in [0.1, 0.15) is 5.82 Å². The van der Waals surface area contributed by atoms with Crippen molar-refractivity contribution in [2.45, 2.75) is 26.2 Å². The van der Waals surface area contributed by atoms with Crippen molar-refractivity contribution in [3.63, 3.8) is 0 Å². The highest BCUT2D eigenvalue weighted by Gasteiger charge is 2.41. The van der Waals surface area contributed by atoms with E-state index in [0.29, 0.717) is 13.0 Å². The van der Waals surface area contributed by atoms with Crippen LogP contribution in [0.2, 0.25) is 0 Å². The number of fused-ring (bicyclic) bond motifs is 1. The number of benzene rings is 1. The highest BCUT2D eigenvalue weighted by atomic mass is 16.4. The Morgan fingerprint density at radius 1 is 1.33 bits per heavy atom. The standard InChI is InChI=1S/C17H20N2O2/c1-2-17(16(20)21)10-5-11-19(12-17)15-9-8-13-6-3-4-7-14(13)18-15/h3-4,6-9H,2,5,10-12H2,1H3,(H,20,21). The van der Waals surface area contributed by atoms with E-state index < -0.39 is 11.4 Å². The first-order chi connectivity index (χ1) is 10.1. The van der Waals surface area contributed by atoms with Gasteiger partial charge in [0.2, 0.25) is 0 Å². The largest absolute Gasteiger partial charge is 0.481 e. The molecule has 4 heteroatoms. The van der Waals surface area contributed by atoms with Crippen molar-refractivity contribution in [3.8, 4) is 0 Å². The van der Waals surface area contributed by atoms with Crippen LogP contribution in [0, 0.1) is 5.41 Å². The molecule has 110 valence electrons. The highest BCUT2D eigenvalue weighted by molar-refractivity contribution is 5.80. The van der Waals surface area contributed by atoms with E-state index in [9.17, 15) is 9.90 Å². The summed E-state index contributed by atoms with van der Waals surface area (Å²) in [6.07, 6.45) is 2.31. The van der Waals surface area contributed by atoms with Crippen LogP contribution in [0.1, 0.15) is 26.2 Å². The lowest BCUT2D eigenvalue weighted by Crippen LogP contribution is -2.47. The van der Waals surface area contributed by atoms with Gasteiger partial charge in [0.05, 0.1) is 10.9 Å². The Bertz CT molecular complexity index is 671. The van der Waals surface area contributed by atoms with E-state index in [2.05, 4.69) is 11.0 Å². The van der Waals surface area contributed by atoms with Crippen LogP contribution in [0.3, 0.4) is 0 Å². The van der Waals surface area contributed by atoms with Gasteiger partial charge in [-0.05, 0) is 37.5 Å². The van der Waals surface area contributed by atoms with Gasteiger partial charge in [0.15, 0.2) is 0 Å². The van der Waals surface area contributed by atoms with E-state index >= 15 is 0 Å². The lowest BCUT2D eigenvalue weighted by Gasteiger charge is -2.40. The molecule has 1 saturated heterocycles. The molecule has 1 unspecified atom stereocenters. The third-order valence-electron chi connectivity index (χ3n) is 4.62. The smallest absolute Gasteiger partial charge is 0.311 e. The molecular formula is C17H20N2O2. The number of para-hydroxylation sites is 1. The first-order valence-electron chi connectivity index (χ1n) is 7.49. The fourth-order valence-corrected chi connectivity index (χ4v) is 3.17. The van der Waals surface area contributed by atoms with E-state index in [0.717, 1.165) is 36.1 Å². The monoisotopic (exact) mass is 284 g/mol. The quantitative estimate of drug-likeness (QED) is 0.939. The van der Waals surface area contributed by atoms with Gasteiger partial charge in [0.25, 0.3) is 0 Å². The molecule has 2 heterocycles. The minimum Gasteiger partial charge on any atom is -0.481 e. The van der Waals surface area contributed by atoms with Gasteiger partial charge in [-0.15, -0.1) is 0 Å². The average molecular weight is 284 g/mol. The van der Waals surface area contributed by atoms with Gasteiger partial charge in [0, 0.05) is 18.5 Å². The van der Waals surface area contributed by atoms with Crippen LogP contribution in [0.25, 0.3) is 10.9 Å². The molecule has 1 N–H and O–H groups in total. The summed E-state index contributed by atoms with van der Waals surface area (Å²) in [6, 6.07) is 12.1. The molecule has 1 aliphatic heterocycles. The summed E-state index contributed by atoms with van der Waals surface area (Å²) in [5.74, 6) is 0.197. The van der Waals surface area contributed by atoms with Crippen LogP contribution >= 0.6 is 0 Å². The zero-order chi connectivity index (χ0) is 14.9. The Labute approximate surface area is 124 Å². The minimum atomic E-state index is -0.685. The number of carbonyl (C=O) groups is 1. The van der Waals surface area contributed by atoms with E-state index in [1.807, 2.05) is 37.3 Å². The first-order valence-corrected chi connectivity index (χ1v) is 7.49. The zero-order valence-corrected chi connectivity index (χ0v) is 12.2. The second-order valence-electron chi connectivity index (χ2n) is 5.83. The molecular weight excluding hydrogens is 264 g/mol. The van der Waals surface area contributed by atoms with Crippen molar-refractivity contribution >= 4 is 22.7 Å². The number of carboxylic acid groups (broad SMARTS) is 1. The number of aromatic nitrogens is 1. The predicted octanol–water partition coefficient (Wildman–Crippen LogP) is 3.32. The second kappa shape index (κ2) is 5.35. The Kier molecular flexibility index (Phi) is 3.53. The summed E-state index contributed by atoms with van der Waals surface area (Å²) in [5.41, 5.74) is 0.323. The van der Waals surface area contributed by atoms with Gasteiger partial charge >= 0.3 is 5.97 Å². The highest BCUT2D eigenvalue weighted by Crippen LogP contribution is 2.35. The summed E-state index contributed by atoms with van der Waals surface area (Å²) < 4.78 is 0. The average Bonchev–Trinajstić information content (AvgIpc) is 2.54. The molecule has 0 amide bonds. The van der Waals surface area contributed by atoms with E-state index in [1.54, 1.807) is 0 Å².